The summed E-state index contributed by atoms with van der Waals surface area (Å²) in [5.41, 5.74) is 0.901. The number of fused-ring (bicyclic) bond motifs is 1. The monoisotopic (exact) mass is 313 g/mol. The maximum absolute atomic E-state index is 10.8. The molecule has 0 saturated heterocycles. The molecule has 0 aliphatic carbocycles. The zero-order chi connectivity index (χ0) is 14.4. The number of halogens is 1. The molecule has 1 aromatic heterocycles. The van der Waals surface area contributed by atoms with Crippen molar-refractivity contribution in [2.24, 2.45) is 0 Å². The number of benzene rings is 1. The minimum Gasteiger partial charge on any atom is -0.493 e. The summed E-state index contributed by atoms with van der Waals surface area (Å²) in [5, 5.41) is 0.985. The average Bonchev–Trinajstić information content (AvgIpc) is 2.41. The van der Waals surface area contributed by atoms with E-state index >= 15 is 0 Å². The van der Waals surface area contributed by atoms with Crippen LogP contribution in [0, 0.1) is 0 Å². The molecule has 108 valence electrons. The van der Waals surface area contributed by atoms with Crippen LogP contribution in [0.3, 0.4) is 0 Å². The van der Waals surface area contributed by atoms with E-state index in [1.807, 2.05) is 30.3 Å². The fraction of sp³-hybridized carbons (Fsp3) is 0.357. The van der Waals surface area contributed by atoms with E-state index < -0.39 is 9.05 Å². The molecule has 20 heavy (non-hydrogen) atoms. The van der Waals surface area contributed by atoms with E-state index in [-0.39, 0.29) is 5.75 Å². The molecule has 6 heteroatoms. The van der Waals surface area contributed by atoms with Gasteiger partial charge in [0, 0.05) is 22.3 Å². The van der Waals surface area contributed by atoms with E-state index in [2.05, 4.69) is 4.98 Å². The van der Waals surface area contributed by atoms with Gasteiger partial charge in [0.25, 0.3) is 0 Å². The predicted molar refractivity (Wildman–Crippen MR) is 80.7 cm³/mol. The first kappa shape index (κ1) is 15.1. The van der Waals surface area contributed by atoms with Crippen LogP contribution in [-0.4, -0.2) is 25.8 Å². The fourth-order valence-electron chi connectivity index (χ4n) is 1.94. The number of nitrogens with zero attached hydrogens (tertiary/aromatic N) is 1. The fourth-order valence-corrected chi connectivity index (χ4v) is 2.81. The molecule has 0 unspecified atom stereocenters. The third-order valence-corrected chi connectivity index (χ3v) is 4.13. The molecule has 2 rings (SSSR count). The standard InChI is InChI=1S/C14H16ClNO3S/c15-20(17,18)11-3-1-2-10-19-14-8-4-7-13-12(14)6-5-9-16-13/h4-9H,1-3,10-11H2. The summed E-state index contributed by atoms with van der Waals surface area (Å²) in [5.74, 6) is 0.827. The lowest BCUT2D eigenvalue weighted by Crippen LogP contribution is -2.01. The van der Waals surface area contributed by atoms with Gasteiger partial charge in [0.1, 0.15) is 5.75 Å². The van der Waals surface area contributed by atoms with Crippen molar-refractivity contribution in [3.8, 4) is 5.75 Å². The Morgan fingerprint density at radius 1 is 1.10 bits per heavy atom. The second kappa shape index (κ2) is 6.90. The summed E-state index contributed by atoms with van der Waals surface area (Å²) in [6, 6.07) is 9.60. The van der Waals surface area contributed by atoms with E-state index in [4.69, 9.17) is 15.4 Å². The molecule has 2 aromatic rings. The number of ether oxygens (including phenoxy) is 1. The summed E-state index contributed by atoms with van der Waals surface area (Å²) in [7, 11) is 1.77. The van der Waals surface area contributed by atoms with Gasteiger partial charge in [0.15, 0.2) is 0 Å². The van der Waals surface area contributed by atoms with Gasteiger partial charge >= 0.3 is 0 Å². The van der Waals surface area contributed by atoms with Gasteiger partial charge in [0.05, 0.1) is 17.9 Å². The zero-order valence-electron chi connectivity index (χ0n) is 11.0. The van der Waals surface area contributed by atoms with Crippen LogP contribution in [0.1, 0.15) is 19.3 Å². The lowest BCUT2D eigenvalue weighted by Gasteiger charge is -2.08. The number of aromatic nitrogens is 1. The van der Waals surface area contributed by atoms with E-state index in [9.17, 15) is 8.42 Å². The van der Waals surface area contributed by atoms with Crippen molar-refractivity contribution in [3.63, 3.8) is 0 Å². The molecule has 0 spiro atoms. The largest absolute Gasteiger partial charge is 0.493 e. The highest BCUT2D eigenvalue weighted by molar-refractivity contribution is 8.13. The van der Waals surface area contributed by atoms with E-state index in [0.29, 0.717) is 13.0 Å². The van der Waals surface area contributed by atoms with E-state index in [1.165, 1.54) is 0 Å². The summed E-state index contributed by atoms with van der Waals surface area (Å²) in [6.45, 7) is 0.552. The number of rotatable bonds is 7. The first-order valence-corrected chi connectivity index (χ1v) is 8.93. The molecule has 0 aliphatic rings. The highest BCUT2D eigenvalue weighted by Crippen LogP contribution is 2.23. The van der Waals surface area contributed by atoms with Crippen LogP contribution in [-0.2, 0) is 9.05 Å². The van der Waals surface area contributed by atoms with Crippen molar-refractivity contribution in [3.05, 3.63) is 36.5 Å². The number of hydrogen-bond donors (Lipinski definition) is 0. The molecule has 1 heterocycles. The first-order chi connectivity index (χ1) is 9.56. The molecule has 0 atom stereocenters. The van der Waals surface area contributed by atoms with Crippen molar-refractivity contribution in [1.29, 1.82) is 0 Å². The van der Waals surface area contributed by atoms with Crippen molar-refractivity contribution < 1.29 is 13.2 Å². The number of unbranched alkanes of at least 4 members (excludes halogenated alkanes) is 2. The van der Waals surface area contributed by atoms with Crippen LogP contribution in [0.2, 0.25) is 0 Å². The Morgan fingerprint density at radius 2 is 1.95 bits per heavy atom. The zero-order valence-corrected chi connectivity index (χ0v) is 12.5. The van der Waals surface area contributed by atoms with Crippen LogP contribution in [0.25, 0.3) is 10.9 Å². The molecular weight excluding hydrogens is 298 g/mol. The average molecular weight is 314 g/mol. The summed E-state index contributed by atoms with van der Waals surface area (Å²) < 4.78 is 27.2. The summed E-state index contributed by atoms with van der Waals surface area (Å²) in [6.07, 6.45) is 3.88. The SMILES string of the molecule is O=S(=O)(Cl)CCCCCOc1cccc2ncccc12. The van der Waals surface area contributed by atoms with Gasteiger partial charge in [-0.15, -0.1) is 0 Å². The van der Waals surface area contributed by atoms with Gasteiger partial charge in [-0.2, -0.15) is 0 Å². The molecule has 0 saturated carbocycles. The Hall–Kier alpha value is -1.33. The Kier molecular flexibility index (Phi) is 5.20. The van der Waals surface area contributed by atoms with Gasteiger partial charge < -0.3 is 4.74 Å². The predicted octanol–water partition coefficient (Wildman–Crippen LogP) is 3.35. The van der Waals surface area contributed by atoms with E-state index in [0.717, 1.165) is 29.5 Å². The quantitative estimate of drug-likeness (QED) is 0.581. The normalized spacial score (nSPS) is 11.7. The maximum Gasteiger partial charge on any atom is 0.232 e. The second-order valence-electron chi connectivity index (χ2n) is 4.48. The van der Waals surface area contributed by atoms with Gasteiger partial charge in [-0.1, -0.05) is 6.07 Å². The van der Waals surface area contributed by atoms with Crippen LogP contribution in [0.5, 0.6) is 5.75 Å². The molecule has 0 radical (unpaired) electrons. The van der Waals surface area contributed by atoms with Gasteiger partial charge in [-0.25, -0.2) is 8.42 Å². The molecule has 0 N–H and O–H groups in total. The lowest BCUT2D eigenvalue weighted by molar-refractivity contribution is 0.310. The first-order valence-electron chi connectivity index (χ1n) is 6.45. The van der Waals surface area contributed by atoms with Gasteiger partial charge in [-0.05, 0) is 43.5 Å². The molecule has 4 nitrogen and oxygen atoms in total. The Labute approximate surface area is 123 Å². The smallest absolute Gasteiger partial charge is 0.232 e. The lowest BCUT2D eigenvalue weighted by atomic mass is 10.2. The molecule has 0 aliphatic heterocycles. The summed E-state index contributed by atoms with van der Waals surface area (Å²) in [4.78, 5) is 4.27. The molecule has 1 aromatic carbocycles. The van der Waals surface area contributed by atoms with Crippen molar-refractivity contribution in [2.45, 2.75) is 19.3 Å². The van der Waals surface area contributed by atoms with Crippen molar-refractivity contribution >= 4 is 30.6 Å². The minimum atomic E-state index is -3.37. The Balaban J connectivity index is 1.82. The van der Waals surface area contributed by atoms with Gasteiger partial charge in [0.2, 0.25) is 9.05 Å². The van der Waals surface area contributed by atoms with Crippen LogP contribution in [0.15, 0.2) is 36.5 Å². The number of pyridine rings is 1. The number of hydrogen-bond acceptors (Lipinski definition) is 4. The molecule has 0 fully saturated rings. The summed E-state index contributed by atoms with van der Waals surface area (Å²) >= 11 is 0. The minimum absolute atomic E-state index is 0.0206. The molecular formula is C14H16ClNO3S. The molecule has 0 bridgehead atoms. The maximum atomic E-state index is 10.8. The van der Waals surface area contributed by atoms with Crippen molar-refractivity contribution in [2.75, 3.05) is 12.4 Å². The van der Waals surface area contributed by atoms with Gasteiger partial charge in [-0.3, -0.25) is 4.98 Å². The third-order valence-electron chi connectivity index (χ3n) is 2.90. The Morgan fingerprint density at radius 3 is 2.75 bits per heavy atom. The van der Waals surface area contributed by atoms with Crippen LogP contribution in [0.4, 0.5) is 0 Å². The highest BCUT2D eigenvalue weighted by Gasteiger charge is 2.05. The Bertz CT molecular complexity index is 668. The molecule has 0 amide bonds. The van der Waals surface area contributed by atoms with Crippen LogP contribution < -0.4 is 4.74 Å². The highest BCUT2D eigenvalue weighted by atomic mass is 35.7. The van der Waals surface area contributed by atoms with E-state index in [1.54, 1.807) is 6.20 Å². The topological polar surface area (TPSA) is 56.3 Å². The van der Waals surface area contributed by atoms with Crippen LogP contribution >= 0.6 is 10.7 Å². The third kappa shape index (κ3) is 4.65. The second-order valence-corrected chi connectivity index (χ2v) is 7.37. The van der Waals surface area contributed by atoms with Crippen molar-refractivity contribution in [1.82, 2.24) is 4.98 Å².